The third kappa shape index (κ3) is 3.48. The van der Waals surface area contributed by atoms with Crippen molar-refractivity contribution in [1.82, 2.24) is 0 Å². The minimum atomic E-state index is -0.430. The molecule has 4 heteroatoms. The summed E-state index contributed by atoms with van der Waals surface area (Å²) in [6.07, 6.45) is 1.26. The van der Waals surface area contributed by atoms with E-state index in [0.29, 0.717) is 6.42 Å². The highest BCUT2D eigenvalue weighted by Gasteiger charge is 2.43. The van der Waals surface area contributed by atoms with Gasteiger partial charge in [-0.15, -0.1) is 0 Å². The summed E-state index contributed by atoms with van der Waals surface area (Å²) in [4.78, 5) is 28.7. The number of nitrogens with one attached hydrogen (secondary N) is 1. The molecule has 0 aromatic heterocycles. The minimum Gasteiger partial charge on any atom is -0.357 e. The number of hydrogen-bond acceptors (Lipinski definition) is 3. The molecule has 1 amide bonds. The van der Waals surface area contributed by atoms with Gasteiger partial charge in [0, 0.05) is 23.6 Å². The molecular formula is C25H28N2O2. The molecule has 0 radical (unpaired) electrons. The number of allylic oxidation sites excluding steroid dienone is 1. The van der Waals surface area contributed by atoms with Crippen LogP contribution in [-0.2, 0) is 9.59 Å². The number of anilines is 2. The molecule has 2 aromatic rings. The number of amides is 1. The first-order valence-electron chi connectivity index (χ1n) is 10.3. The first kappa shape index (κ1) is 19.4. The van der Waals surface area contributed by atoms with Crippen LogP contribution in [0.4, 0.5) is 11.4 Å². The Morgan fingerprint density at radius 3 is 2.38 bits per heavy atom. The number of Topliss-reactive ketones (excluding diaryl/α,β-unsaturated/α-hetero) is 1. The van der Waals surface area contributed by atoms with E-state index in [1.54, 1.807) is 0 Å². The Morgan fingerprint density at radius 2 is 1.69 bits per heavy atom. The zero-order valence-corrected chi connectivity index (χ0v) is 17.5. The largest absolute Gasteiger partial charge is 0.357 e. The molecule has 0 fully saturated rings. The molecule has 1 N–H and O–H groups in total. The molecule has 4 nitrogen and oxygen atoms in total. The van der Waals surface area contributed by atoms with Gasteiger partial charge in [0.05, 0.1) is 17.4 Å². The van der Waals surface area contributed by atoms with Crippen molar-refractivity contribution in [2.24, 2.45) is 11.3 Å². The van der Waals surface area contributed by atoms with Gasteiger partial charge in [0.15, 0.2) is 5.78 Å². The van der Waals surface area contributed by atoms with Crippen molar-refractivity contribution in [3.8, 4) is 0 Å². The summed E-state index contributed by atoms with van der Waals surface area (Å²) in [5.41, 5.74) is 4.20. The zero-order chi connectivity index (χ0) is 20.8. The van der Waals surface area contributed by atoms with Gasteiger partial charge in [-0.3, -0.25) is 14.5 Å². The molecule has 1 atom stereocenters. The quantitative estimate of drug-likeness (QED) is 0.740. The maximum atomic E-state index is 13.5. The van der Waals surface area contributed by atoms with Gasteiger partial charge >= 0.3 is 0 Å². The number of ketones is 1. The van der Waals surface area contributed by atoms with Gasteiger partial charge in [-0.05, 0) is 29.5 Å². The summed E-state index contributed by atoms with van der Waals surface area (Å²) in [5, 5.41) is 3.54. The van der Waals surface area contributed by atoms with Crippen molar-refractivity contribution in [3.63, 3.8) is 0 Å². The summed E-state index contributed by atoms with van der Waals surface area (Å²) in [5.74, 6) is -0.0574. The Hall–Kier alpha value is -2.88. The standard InChI is InChI=1S/C25H28N2O2/c1-16(2)24(29)27-20-13-9-8-12-18(20)26-19-14-25(3,4)15-21(28)22(19)23(27)17-10-6-5-7-11-17/h5-13,16,23,26H,14-15H2,1-4H3/t23-/m0/s1. The van der Waals surface area contributed by atoms with Gasteiger partial charge < -0.3 is 5.32 Å². The van der Waals surface area contributed by atoms with E-state index in [2.05, 4.69) is 19.2 Å². The van der Waals surface area contributed by atoms with Gasteiger partial charge in [-0.25, -0.2) is 0 Å². The van der Waals surface area contributed by atoms with E-state index in [0.717, 1.165) is 34.6 Å². The van der Waals surface area contributed by atoms with Gasteiger partial charge in [-0.1, -0.05) is 70.2 Å². The van der Waals surface area contributed by atoms with Crippen LogP contribution in [0, 0.1) is 11.3 Å². The monoisotopic (exact) mass is 388 g/mol. The number of carbonyl (C=O) groups is 2. The van der Waals surface area contributed by atoms with Crippen molar-refractivity contribution in [3.05, 3.63) is 71.4 Å². The second kappa shape index (κ2) is 7.18. The van der Waals surface area contributed by atoms with Crippen molar-refractivity contribution < 1.29 is 9.59 Å². The number of rotatable bonds is 2. The minimum absolute atomic E-state index is 0.0134. The van der Waals surface area contributed by atoms with E-state index >= 15 is 0 Å². The molecule has 0 bridgehead atoms. The Balaban J connectivity index is 2.02. The highest BCUT2D eigenvalue weighted by atomic mass is 16.2. The SMILES string of the molecule is CC(C)C(=O)N1c2ccccc2NC2=C(C(=O)CC(C)(C)C2)[C@@H]1c1ccccc1. The number of fused-ring (bicyclic) bond motifs is 1. The van der Waals surface area contributed by atoms with Crippen molar-refractivity contribution in [2.75, 3.05) is 10.2 Å². The molecule has 4 rings (SSSR count). The Bertz CT molecular complexity index is 989. The lowest BCUT2D eigenvalue weighted by atomic mass is 9.73. The van der Waals surface area contributed by atoms with Crippen LogP contribution in [0.1, 0.15) is 52.1 Å². The first-order chi connectivity index (χ1) is 13.8. The van der Waals surface area contributed by atoms with Crippen LogP contribution in [0.3, 0.4) is 0 Å². The van der Waals surface area contributed by atoms with Crippen molar-refractivity contribution >= 4 is 23.1 Å². The third-order valence-electron chi connectivity index (χ3n) is 5.75. The van der Waals surface area contributed by atoms with Crippen LogP contribution in [0.15, 0.2) is 65.9 Å². The predicted molar refractivity (Wildman–Crippen MR) is 117 cm³/mol. The summed E-state index contributed by atoms with van der Waals surface area (Å²) in [6, 6.07) is 17.3. The lowest BCUT2D eigenvalue weighted by Gasteiger charge is -2.37. The fourth-order valence-corrected chi connectivity index (χ4v) is 4.46. The van der Waals surface area contributed by atoms with E-state index in [-0.39, 0.29) is 23.0 Å². The maximum Gasteiger partial charge on any atom is 0.230 e. The van der Waals surface area contributed by atoms with Crippen LogP contribution < -0.4 is 10.2 Å². The van der Waals surface area contributed by atoms with E-state index in [1.165, 1.54) is 0 Å². The molecule has 0 saturated carbocycles. The fraction of sp³-hybridized carbons (Fsp3) is 0.360. The molecule has 150 valence electrons. The third-order valence-corrected chi connectivity index (χ3v) is 5.75. The lowest BCUT2D eigenvalue weighted by molar-refractivity contribution is -0.122. The van der Waals surface area contributed by atoms with Gasteiger partial charge in [0.1, 0.15) is 0 Å². The normalized spacial score (nSPS) is 20.7. The van der Waals surface area contributed by atoms with Crippen LogP contribution in [-0.4, -0.2) is 11.7 Å². The Kier molecular flexibility index (Phi) is 4.81. The zero-order valence-electron chi connectivity index (χ0n) is 17.5. The Morgan fingerprint density at radius 1 is 1.03 bits per heavy atom. The number of nitrogens with zero attached hydrogens (tertiary/aromatic N) is 1. The molecule has 29 heavy (non-hydrogen) atoms. The smallest absolute Gasteiger partial charge is 0.230 e. The van der Waals surface area contributed by atoms with Crippen LogP contribution in [0.5, 0.6) is 0 Å². The van der Waals surface area contributed by atoms with Crippen molar-refractivity contribution in [1.29, 1.82) is 0 Å². The molecular weight excluding hydrogens is 360 g/mol. The van der Waals surface area contributed by atoms with Crippen molar-refractivity contribution in [2.45, 2.75) is 46.6 Å². The second-order valence-corrected chi connectivity index (χ2v) is 9.15. The lowest BCUT2D eigenvalue weighted by Crippen LogP contribution is -2.41. The molecule has 0 unspecified atom stereocenters. The highest BCUT2D eigenvalue weighted by molar-refractivity contribution is 6.06. The van der Waals surface area contributed by atoms with E-state index < -0.39 is 6.04 Å². The molecule has 0 spiro atoms. The van der Waals surface area contributed by atoms with E-state index in [9.17, 15) is 9.59 Å². The molecule has 1 aliphatic heterocycles. The summed E-state index contributed by atoms with van der Waals surface area (Å²) in [6.45, 7) is 8.07. The van der Waals surface area contributed by atoms with Gasteiger partial charge in [-0.2, -0.15) is 0 Å². The fourth-order valence-electron chi connectivity index (χ4n) is 4.46. The summed E-state index contributed by atoms with van der Waals surface area (Å²) >= 11 is 0. The predicted octanol–water partition coefficient (Wildman–Crippen LogP) is 5.49. The molecule has 2 aromatic carbocycles. The molecule has 2 aliphatic rings. The van der Waals surface area contributed by atoms with Gasteiger partial charge in [0.2, 0.25) is 5.91 Å². The summed E-state index contributed by atoms with van der Waals surface area (Å²) < 4.78 is 0. The highest BCUT2D eigenvalue weighted by Crippen LogP contribution is 2.48. The first-order valence-corrected chi connectivity index (χ1v) is 10.3. The number of carbonyl (C=O) groups excluding carboxylic acids is 2. The average molecular weight is 389 g/mol. The topological polar surface area (TPSA) is 49.4 Å². The summed E-state index contributed by atoms with van der Waals surface area (Å²) in [7, 11) is 0. The molecule has 1 heterocycles. The van der Waals surface area contributed by atoms with E-state index in [1.807, 2.05) is 73.3 Å². The molecule has 1 aliphatic carbocycles. The number of hydrogen-bond donors (Lipinski definition) is 1. The number of para-hydroxylation sites is 2. The van der Waals surface area contributed by atoms with Crippen LogP contribution in [0.2, 0.25) is 0 Å². The van der Waals surface area contributed by atoms with Crippen LogP contribution >= 0.6 is 0 Å². The Labute approximate surface area is 172 Å². The molecule has 0 saturated heterocycles. The number of benzene rings is 2. The van der Waals surface area contributed by atoms with E-state index in [4.69, 9.17) is 0 Å². The van der Waals surface area contributed by atoms with Crippen LogP contribution in [0.25, 0.3) is 0 Å². The average Bonchev–Trinajstić information content (AvgIpc) is 2.81. The van der Waals surface area contributed by atoms with Gasteiger partial charge in [0.25, 0.3) is 0 Å². The maximum absolute atomic E-state index is 13.5. The second-order valence-electron chi connectivity index (χ2n) is 9.15.